The van der Waals surface area contributed by atoms with E-state index >= 15 is 0 Å². The molecule has 0 aromatic heterocycles. The van der Waals surface area contributed by atoms with Crippen molar-refractivity contribution in [3.8, 4) is 22.6 Å². The number of nitrogens with zero attached hydrogens (tertiary/aromatic N) is 3. The quantitative estimate of drug-likeness (QED) is 0.117. The van der Waals surface area contributed by atoms with Crippen molar-refractivity contribution in [1.82, 2.24) is 9.62 Å². The van der Waals surface area contributed by atoms with Gasteiger partial charge in [0.1, 0.15) is 11.5 Å². The molecule has 5 aromatic carbocycles. The number of hydrogen-bond donors (Lipinski definition) is 1. The van der Waals surface area contributed by atoms with E-state index in [1.54, 1.807) is 0 Å². The van der Waals surface area contributed by atoms with Crippen LogP contribution in [0.4, 0.5) is 11.4 Å². The number of carbonyl (C=O) groups is 2. The van der Waals surface area contributed by atoms with E-state index in [2.05, 4.69) is 160 Å². The second kappa shape index (κ2) is 17.4. The second-order valence-corrected chi connectivity index (χ2v) is 21.9. The molecule has 4 atom stereocenters. The third-order valence-corrected chi connectivity index (χ3v) is 16.5. The lowest BCUT2D eigenvalue weighted by atomic mass is 9.75. The Morgan fingerprint density at radius 3 is 2.34 bits per heavy atom. The van der Waals surface area contributed by atoms with Gasteiger partial charge in [0.05, 0.1) is 18.6 Å². The summed E-state index contributed by atoms with van der Waals surface area (Å²) in [7, 11) is 1.82. The van der Waals surface area contributed by atoms with E-state index in [0.717, 1.165) is 76.1 Å². The van der Waals surface area contributed by atoms with Crippen molar-refractivity contribution in [3.05, 3.63) is 137 Å². The van der Waals surface area contributed by atoms with Gasteiger partial charge in [-0.25, -0.2) is 0 Å². The number of hydrogen-bond acceptors (Lipinski definition) is 7. The summed E-state index contributed by atoms with van der Waals surface area (Å²) in [6.45, 7) is 21.4. The molecule has 67 heavy (non-hydrogen) atoms. The summed E-state index contributed by atoms with van der Waals surface area (Å²) in [5.74, 6) is 3.24. The summed E-state index contributed by atoms with van der Waals surface area (Å²) in [5.41, 5.74) is 10.9. The van der Waals surface area contributed by atoms with E-state index in [-0.39, 0.29) is 34.4 Å². The standard InChI is InChI=1S/C58H66N4O4S/c1-9-51(63)59-67-36-52(64)62-30-29-60(34-37(62)2)43-22-19-41(20-23-43)58(40-17-11-10-12-18-40)27-25-45-54-53(44-24-21-42(56(3,4)5)31-48(44)57(54,6)7)46-32-49(50(65-8)33-47(46)55(45)66-58)61-28-26-38-15-13-14-16-39(38)35-61/h9-12,17-25,27,31-33,37-39H,1,13-16,26,28-30,34-36H2,2-8H3,(H,59,63). The van der Waals surface area contributed by atoms with Gasteiger partial charge in [-0.05, 0) is 119 Å². The SMILES string of the molecule is C=CC(=O)NSCC(=O)N1CCN(c2ccc(C3(c4ccccc4)C=Cc4c5c(c6cc(N7CCC8CCCCC8C7)c(OC)cc6c4O3)-c3ccc(C(C)(C)C)cc3C5(C)C)cc2)CC1C. The molecule has 3 aliphatic heterocycles. The Hall–Kier alpha value is -5.67. The summed E-state index contributed by atoms with van der Waals surface area (Å²) >= 11 is 1.11. The van der Waals surface area contributed by atoms with E-state index in [4.69, 9.17) is 9.47 Å². The van der Waals surface area contributed by atoms with E-state index in [1.807, 2.05) is 12.0 Å². The first-order valence-corrected chi connectivity index (χ1v) is 25.5. The van der Waals surface area contributed by atoms with Gasteiger partial charge in [0.2, 0.25) is 5.91 Å². The molecule has 5 aromatic rings. The maximum atomic E-state index is 13.1. The molecule has 1 N–H and O–H groups in total. The normalized spacial score (nSPS) is 22.9. The molecule has 5 aliphatic rings. The first kappa shape index (κ1) is 45.1. The van der Waals surface area contributed by atoms with Crippen LogP contribution in [-0.2, 0) is 26.0 Å². The molecule has 2 aliphatic carbocycles. The molecule has 2 amide bonds. The zero-order valence-corrected chi connectivity index (χ0v) is 41.2. The largest absolute Gasteiger partial charge is 0.495 e. The van der Waals surface area contributed by atoms with Gasteiger partial charge in [-0.1, -0.05) is 127 Å². The minimum atomic E-state index is -0.922. The predicted octanol–water partition coefficient (Wildman–Crippen LogP) is 11.8. The number of piperazine rings is 1. The van der Waals surface area contributed by atoms with Gasteiger partial charge < -0.3 is 24.2 Å². The van der Waals surface area contributed by atoms with Crippen molar-refractivity contribution >= 4 is 52.0 Å². The summed E-state index contributed by atoms with van der Waals surface area (Å²) in [6, 6.07) is 31.4. The number of benzene rings is 5. The van der Waals surface area contributed by atoms with Crippen molar-refractivity contribution in [2.45, 2.75) is 96.1 Å². The second-order valence-electron chi connectivity index (χ2n) is 21.2. The molecule has 348 valence electrons. The number of carbonyl (C=O) groups excluding carboxylic acids is 2. The molecule has 10 rings (SSSR count). The molecule has 3 heterocycles. The third-order valence-electron chi connectivity index (χ3n) is 15.8. The highest BCUT2D eigenvalue weighted by Gasteiger charge is 2.45. The Morgan fingerprint density at radius 1 is 0.881 bits per heavy atom. The first-order chi connectivity index (χ1) is 32.2. The van der Waals surface area contributed by atoms with Gasteiger partial charge >= 0.3 is 0 Å². The highest BCUT2D eigenvalue weighted by atomic mass is 32.2. The fourth-order valence-electron chi connectivity index (χ4n) is 12.1. The Balaban J connectivity index is 1.06. The minimum absolute atomic E-state index is 0.00968. The maximum Gasteiger partial charge on any atom is 0.253 e. The molecule has 0 bridgehead atoms. The molecule has 9 heteroatoms. The van der Waals surface area contributed by atoms with Crippen LogP contribution in [0.1, 0.15) is 107 Å². The topological polar surface area (TPSA) is 74.4 Å². The maximum absolute atomic E-state index is 13.1. The van der Waals surface area contributed by atoms with Gasteiger partial charge in [0, 0.05) is 71.9 Å². The highest BCUT2D eigenvalue weighted by Crippen LogP contribution is 2.60. The van der Waals surface area contributed by atoms with Crippen LogP contribution in [0.5, 0.6) is 11.5 Å². The number of ether oxygens (including phenoxy) is 2. The Morgan fingerprint density at radius 2 is 1.63 bits per heavy atom. The number of nitrogens with one attached hydrogen (secondary N) is 1. The van der Waals surface area contributed by atoms with Crippen LogP contribution in [0.2, 0.25) is 0 Å². The van der Waals surface area contributed by atoms with E-state index in [9.17, 15) is 9.59 Å². The van der Waals surface area contributed by atoms with Crippen LogP contribution in [0.3, 0.4) is 0 Å². The molecule has 4 unspecified atom stereocenters. The van der Waals surface area contributed by atoms with Gasteiger partial charge in [-0.2, -0.15) is 0 Å². The Labute approximate surface area is 401 Å². The molecule has 8 nitrogen and oxygen atoms in total. The lowest BCUT2D eigenvalue weighted by Gasteiger charge is -2.43. The van der Waals surface area contributed by atoms with Crippen molar-refractivity contribution in [2.75, 3.05) is 55.4 Å². The number of rotatable bonds is 9. The number of anilines is 2. The van der Waals surface area contributed by atoms with E-state index in [0.29, 0.717) is 19.6 Å². The molecular weight excluding hydrogens is 849 g/mol. The molecule has 1 saturated carbocycles. The van der Waals surface area contributed by atoms with Crippen molar-refractivity contribution in [2.24, 2.45) is 11.8 Å². The smallest absolute Gasteiger partial charge is 0.253 e. The lowest BCUT2D eigenvalue weighted by molar-refractivity contribution is -0.130. The van der Waals surface area contributed by atoms with Crippen LogP contribution in [0.25, 0.3) is 28.0 Å². The highest BCUT2D eigenvalue weighted by molar-refractivity contribution is 7.98. The molecule has 2 saturated heterocycles. The summed E-state index contributed by atoms with van der Waals surface area (Å²) in [6.07, 6.45) is 12.5. The Bertz CT molecular complexity index is 2780. The zero-order valence-electron chi connectivity index (χ0n) is 40.4. The van der Waals surface area contributed by atoms with Gasteiger partial charge in [0.15, 0.2) is 5.60 Å². The molecule has 3 fully saturated rings. The van der Waals surface area contributed by atoms with Gasteiger partial charge in [-0.3, -0.25) is 14.3 Å². The first-order valence-electron chi connectivity index (χ1n) is 24.5. The fourth-order valence-corrected chi connectivity index (χ4v) is 12.7. The van der Waals surface area contributed by atoms with Gasteiger partial charge in [0.25, 0.3) is 5.91 Å². The Kier molecular flexibility index (Phi) is 11.8. The molecule has 0 spiro atoms. The summed E-state index contributed by atoms with van der Waals surface area (Å²) < 4.78 is 16.9. The van der Waals surface area contributed by atoms with Crippen molar-refractivity contribution < 1.29 is 19.1 Å². The number of amides is 2. The van der Waals surface area contributed by atoms with Crippen molar-refractivity contribution in [3.63, 3.8) is 0 Å². The van der Waals surface area contributed by atoms with Gasteiger partial charge in [-0.15, -0.1) is 0 Å². The van der Waals surface area contributed by atoms with E-state index < -0.39 is 5.60 Å². The van der Waals surface area contributed by atoms with Crippen LogP contribution in [-0.4, -0.2) is 68.3 Å². The minimum Gasteiger partial charge on any atom is -0.495 e. The predicted molar refractivity (Wildman–Crippen MR) is 277 cm³/mol. The third kappa shape index (κ3) is 7.89. The monoisotopic (exact) mass is 914 g/mol. The number of fused-ring (bicyclic) bond motifs is 9. The zero-order chi connectivity index (χ0) is 46.8. The molecule has 0 radical (unpaired) electrons. The van der Waals surface area contributed by atoms with Crippen LogP contribution in [0, 0.1) is 11.8 Å². The molecular formula is C58H66N4O4S. The van der Waals surface area contributed by atoms with Crippen LogP contribution >= 0.6 is 11.9 Å². The average Bonchev–Trinajstić information content (AvgIpc) is 3.58. The summed E-state index contributed by atoms with van der Waals surface area (Å²) in [5, 5.41) is 2.28. The fraction of sp³-hybridized carbons (Fsp3) is 0.414. The number of methoxy groups -OCH3 is 1. The average molecular weight is 915 g/mol. The summed E-state index contributed by atoms with van der Waals surface area (Å²) in [4.78, 5) is 31.7. The lowest BCUT2D eigenvalue weighted by Crippen LogP contribution is -2.54. The van der Waals surface area contributed by atoms with Crippen LogP contribution < -0.4 is 24.0 Å². The van der Waals surface area contributed by atoms with Crippen molar-refractivity contribution in [1.29, 1.82) is 0 Å². The van der Waals surface area contributed by atoms with E-state index in [1.165, 1.54) is 77.1 Å². The number of piperidine rings is 1. The van der Waals surface area contributed by atoms with Crippen LogP contribution in [0.15, 0.2) is 104 Å².